The fourth-order valence-electron chi connectivity index (χ4n) is 1.31. The highest BCUT2D eigenvalue weighted by Gasteiger charge is 1.98. The minimum Gasteiger partial charge on any atom is -0.445 e. The van der Waals surface area contributed by atoms with E-state index in [2.05, 4.69) is 18.1 Å². The van der Waals surface area contributed by atoms with E-state index in [-0.39, 0.29) is 0 Å². The van der Waals surface area contributed by atoms with E-state index in [4.69, 9.17) is 0 Å². The van der Waals surface area contributed by atoms with Gasteiger partial charge in [-0.05, 0) is 24.3 Å². The summed E-state index contributed by atoms with van der Waals surface area (Å²) in [6.45, 7) is 0. The predicted octanol–water partition coefficient (Wildman–Crippen LogP) is 1.22. The molecule has 0 aliphatic heterocycles. The molecule has 0 unspecified atom stereocenters. The third kappa shape index (κ3) is 1.06. The zero-order valence-electron chi connectivity index (χ0n) is 6.70. The number of aromatic nitrogens is 1. The van der Waals surface area contributed by atoms with Crippen molar-refractivity contribution in [3.63, 3.8) is 0 Å². The summed E-state index contributed by atoms with van der Waals surface area (Å²) in [4.78, 5) is 4.24. The molecule has 1 heterocycles. The molecular weight excluding hydrogens is 148 g/mol. The number of hydrogen-bond acceptors (Lipinski definition) is 1. The molecule has 0 saturated carbocycles. The summed E-state index contributed by atoms with van der Waals surface area (Å²) in [7, 11) is 3.75. The van der Waals surface area contributed by atoms with Gasteiger partial charge in [0.15, 0.2) is 0 Å². The van der Waals surface area contributed by atoms with Crippen molar-refractivity contribution in [1.82, 2.24) is 4.98 Å². The highest BCUT2D eigenvalue weighted by Crippen LogP contribution is 2.16. The van der Waals surface area contributed by atoms with E-state index in [1.807, 2.05) is 29.6 Å². The Morgan fingerprint density at radius 2 is 2.08 bits per heavy atom. The van der Waals surface area contributed by atoms with Crippen molar-refractivity contribution in [2.24, 2.45) is 0 Å². The van der Waals surface area contributed by atoms with Gasteiger partial charge in [0.2, 0.25) is 0 Å². The summed E-state index contributed by atoms with van der Waals surface area (Å²) < 4.78 is 0. The van der Waals surface area contributed by atoms with Crippen LogP contribution in [-0.2, 0) is 0 Å². The summed E-state index contributed by atoms with van der Waals surface area (Å²) in [6.07, 6.45) is 1.80. The number of fused-ring (bicyclic) bond motifs is 1. The average molecular weight is 158 g/mol. The fraction of sp³-hybridized carbons (Fsp3) is 0. The highest BCUT2D eigenvalue weighted by atomic mass is 14.8. The van der Waals surface area contributed by atoms with Gasteiger partial charge in [-0.25, -0.2) is 0 Å². The largest absolute Gasteiger partial charge is 0.445 e. The summed E-state index contributed by atoms with van der Waals surface area (Å²) in [5, 5.41) is 3.01. The monoisotopic (exact) mass is 158 g/mol. The molecule has 0 saturated heterocycles. The Hall–Kier alpha value is -1.41. The third-order valence-corrected chi connectivity index (χ3v) is 1.90. The molecule has 1 aromatic carbocycles. The van der Waals surface area contributed by atoms with E-state index in [0.717, 1.165) is 16.6 Å². The first-order valence-electron chi connectivity index (χ1n) is 3.88. The second-order valence-corrected chi connectivity index (χ2v) is 2.62. The van der Waals surface area contributed by atoms with Gasteiger partial charge in [0.05, 0.1) is 10.9 Å². The molecule has 0 amide bonds. The Kier molecular flexibility index (Phi) is 1.76. The lowest BCUT2D eigenvalue weighted by Gasteiger charge is -2.02. The number of quaternary nitrogens is 1. The molecule has 2 rings (SSSR count). The van der Waals surface area contributed by atoms with Crippen LogP contribution in [0.4, 0.5) is 5.69 Å². The first-order chi connectivity index (χ1) is 5.92. The third-order valence-electron chi connectivity index (χ3n) is 1.90. The molecule has 2 nitrogen and oxygen atoms in total. The molecule has 60 valence electrons. The van der Waals surface area contributed by atoms with Gasteiger partial charge in [0.1, 0.15) is 5.69 Å². The first kappa shape index (κ1) is 7.25. The lowest BCUT2D eigenvalue weighted by atomic mass is 10.2. The van der Waals surface area contributed by atoms with Crippen LogP contribution in [0.15, 0.2) is 36.5 Å². The van der Waals surface area contributed by atoms with Crippen LogP contribution in [-0.4, -0.2) is 4.98 Å². The van der Waals surface area contributed by atoms with Crippen molar-refractivity contribution in [1.29, 1.82) is 0 Å². The van der Waals surface area contributed by atoms with E-state index in [1.165, 1.54) is 0 Å². The minimum absolute atomic E-state index is 1.02. The molecule has 2 heteroatoms. The maximum atomic E-state index is 4.24. The molecular formula is C10H10N2. The molecule has 0 radical (unpaired) electrons. The second-order valence-electron chi connectivity index (χ2n) is 2.62. The lowest BCUT2D eigenvalue weighted by Crippen LogP contribution is -2.69. The van der Waals surface area contributed by atoms with Crippen LogP contribution >= 0.6 is 0 Å². The standard InChI is InChI=1S/C10H10N2/c1-11-9-5-2-6-10-8(9)4-3-7-12-10/h2-7H,1,11H2. The van der Waals surface area contributed by atoms with Crippen molar-refractivity contribution >= 4 is 16.6 Å². The van der Waals surface area contributed by atoms with Crippen LogP contribution < -0.4 is 5.32 Å². The molecule has 0 aliphatic rings. The Morgan fingerprint density at radius 1 is 1.17 bits per heavy atom. The Balaban J connectivity index is 2.79. The van der Waals surface area contributed by atoms with Crippen molar-refractivity contribution in [3.05, 3.63) is 43.6 Å². The molecule has 0 fully saturated rings. The Bertz CT molecular complexity index is 390. The summed E-state index contributed by atoms with van der Waals surface area (Å²) in [6, 6.07) is 10.0. The lowest BCUT2D eigenvalue weighted by molar-refractivity contribution is -0.503. The smallest absolute Gasteiger partial charge is 0.112 e. The van der Waals surface area contributed by atoms with Crippen LogP contribution in [0, 0.1) is 7.05 Å². The van der Waals surface area contributed by atoms with E-state index >= 15 is 0 Å². The van der Waals surface area contributed by atoms with Crippen LogP contribution in [0.5, 0.6) is 0 Å². The summed E-state index contributed by atoms with van der Waals surface area (Å²) in [5.74, 6) is 0. The van der Waals surface area contributed by atoms with E-state index in [1.54, 1.807) is 6.20 Å². The highest BCUT2D eigenvalue weighted by molar-refractivity contribution is 5.87. The molecule has 2 N–H and O–H groups in total. The SMILES string of the molecule is [CH2-][NH2+]c1cccc2ncccc12. The van der Waals surface area contributed by atoms with Gasteiger partial charge < -0.3 is 5.32 Å². The van der Waals surface area contributed by atoms with Gasteiger partial charge >= 0.3 is 0 Å². The number of pyridine rings is 1. The van der Waals surface area contributed by atoms with Gasteiger partial charge in [-0.2, -0.15) is 0 Å². The predicted molar refractivity (Wildman–Crippen MR) is 48.7 cm³/mol. The quantitative estimate of drug-likeness (QED) is 0.490. The minimum atomic E-state index is 1.02. The average Bonchev–Trinajstić information content (AvgIpc) is 2.17. The van der Waals surface area contributed by atoms with Gasteiger partial charge in [-0.15, -0.1) is 7.05 Å². The molecule has 1 aromatic heterocycles. The zero-order chi connectivity index (χ0) is 8.39. The maximum Gasteiger partial charge on any atom is 0.112 e. The number of benzene rings is 1. The van der Waals surface area contributed by atoms with Gasteiger partial charge in [-0.1, -0.05) is 6.07 Å². The Morgan fingerprint density at radius 3 is 2.92 bits per heavy atom. The van der Waals surface area contributed by atoms with E-state index in [9.17, 15) is 0 Å². The van der Waals surface area contributed by atoms with Gasteiger partial charge in [0, 0.05) is 6.20 Å². The normalized spacial score (nSPS) is 10.4. The molecule has 0 atom stereocenters. The van der Waals surface area contributed by atoms with E-state index in [0.29, 0.717) is 0 Å². The van der Waals surface area contributed by atoms with Crippen molar-refractivity contribution in [3.8, 4) is 0 Å². The van der Waals surface area contributed by atoms with E-state index < -0.39 is 0 Å². The number of nitrogens with zero attached hydrogens (tertiary/aromatic N) is 1. The van der Waals surface area contributed by atoms with Gasteiger partial charge in [-0.3, -0.25) is 4.98 Å². The Labute approximate surface area is 71.2 Å². The van der Waals surface area contributed by atoms with Gasteiger partial charge in [0.25, 0.3) is 0 Å². The van der Waals surface area contributed by atoms with Crippen LogP contribution in [0.2, 0.25) is 0 Å². The molecule has 0 aliphatic carbocycles. The van der Waals surface area contributed by atoms with Crippen molar-refractivity contribution in [2.45, 2.75) is 0 Å². The number of rotatable bonds is 1. The number of nitrogens with two attached hydrogens (primary N) is 1. The van der Waals surface area contributed by atoms with Crippen LogP contribution in [0.25, 0.3) is 10.9 Å². The maximum absolute atomic E-state index is 4.24. The fourth-order valence-corrected chi connectivity index (χ4v) is 1.31. The van der Waals surface area contributed by atoms with Crippen LogP contribution in [0.3, 0.4) is 0 Å². The first-order valence-corrected chi connectivity index (χ1v) is 3.88. The topological polar surface area (TPSA) is 29.5 Å². The summed E-state index contributed by atoms with van der Waals surface area (Å²) >= 11 is 0. The molecule has 2 aromatic rings. The second kappa shape index (κ2) is 2.91. The molecule has 0 bridgehead atoms. The summed E-state index contributed by atoms with van der Waals surface area (Å²) in [5.41, 5.74) is 2.16. The number of hydrogen-bond donors (Lipinski definition) is 1. The molecule has 0 spiro atoms. The van der Waals surface area contributed by atoms with Crippen molar-refractivity contribution in [2.75, 3.05) is 0 Å². The zero-order valence-corrected chi connectivity index (χ0v) is 6.70. The van der Waals surface area contributed by atoms with Crippen molar-refractivity contribution < 1.29 is 5.32 Å². The molecule has 12 heavy (non-hydrogen) atoms. The van der Waals surface area contributed by atoms with Crippen LogP contribution in [0.1, 0.15) is 0 Å².